The Morgan fingerprint density at radius 3 is 2.65 bits per heavy atom. The van der Waals surface area contributed by atoms with Gasteiger partial charge in [-0.05, 0) is 45.0 Å². The van der Waals surface area contributed by atoms with Gasteiger partial charge in [-0.3, -0.25) is 4.79 Å². The minimum absolute atomic E-state index is 0.0854. The first-order valence-electron chi connectivity index (χ1n) is 6.97. The van der Waals surface area contributed by atoms with E-state index < -0.39 is 0 Å². The summed E-state index contributed by atoms with van der Waals surface area (Å²) in [6.07, 6.45) is 1.86. The van der Waals surface area contributed by atoms with Crippen molar-refractivity contribution in [3.8, 4) is 0 Å². The third kappa shape index (κ3) is 4.10. The van der Waals surface area contributed by atoms with Crippen LogP contribution in [0.15, 0.2) is 35.9 Å². The second-order valence-electron chi connectivity index (χ2n) is 5.39. The molecule has 1 amide bonds. The number of ether oxygens (including phenoxy) is 1. The van der Waals surface area contributed by atoms with Crippen molar-refractivity contribution in [1.82, 2.24) is 0 Å². The minimum Gasteiger partial charge on any atom is -0.375 e. The number of rotatable bonds is 3. The van der Waals surface area contributed by atoms with Crippen LogP contribution >= 0.6 is 0 Å². The number of allylic oxidation sites excluding steroid dienone is 1. The molecule has 0 aromatic heterocycles. The molecule has 2 rings (SSSR count). The van der Waals surface area contributed by atoms with Crippen LogP contribution in [-0.4, -0.2) is 31.7 Å². The summed E-state index contributed by atoms with van der Waals surface area (Å²) in [5.41, 5.74) is 2.97. The molecule has 1 aliphatic rings. The number of morpholine rings is 1. The van der Waals surface area contributed by atoms with E-state index in [0.29, 0.717) is 0 Å². The van der Waals surface area contributed by atoms with Crippen LogP contribution in [0, 0.1) is 0 Å². The lowest BCUT2D eigenvalue weighted by Crippen LogP contribution is -2.41. The molecule has 1 aliphatic heterocycles. The lowest BCUT2D eigenvalue weighted by molar-refractivity contribution is -0.111. The molecule has 0 saturated carbocycles. The Bertz CT molecular complexity index is 490. The van der Waals surface area contributed by atoms with Gasteiger partial charge in [0.15, 0.2) is 0 Å². The fraction of sp³-hybridized carbons (Fsp3) is 0.438. The number of amides is 1. The highest BCUT2D eigenvalue weighted by molar-refractivity contribution is 5.99. The maximum absolute atomic E-state index is 11.6. The molecule has 0 aliphatic carbocycles. The second-order valence-corrected chi connectivity index (χ2v) is 5.39. The normalized spacial score (nSPS) is 18.6. The Hall–Kier alpha value is -1.81. The minimum atomic E-state index is -0.0854. The molecule has 1 N–H and O–H groups in total. The first-order chi connectivity index (χ1) is 9.54. The molecule has 20 heavy (non-hydrogen) atoms. The summed E-state index contributed by atoms with van der Waals surface area (Å²) in [6.45, 7) is 8.47. The summed E-state index contributed by atoms with van der Waals surface area (Å²) in [6, 6.07) is 7.95. The highest BCUT2D eigenvalue weighted by atomic mass is 16.5. The zero-order valence-corrected chi connectivity index (χ0v) is 12.3. The van der Waals surface area contributed by atoms with Crippen molar-refractivity contribution in [3.63, 3.8) is 0 Å². The molecule has 0 radical (unpaired) electrons. The van der Waals surface area contributed by atoms with E-state index in [2.05, 4.69) is 17.1 Å². The van der Waals surface area contributed by atoms with Crippen LogP contribution in [0.2, 0.25) is 0 Å². The molecule has 0 bridgehead atoms. The third-order valence-electron chi connectivity index (χ3n) is 3.16. The largest absolute Gasteiger partial charge is 0.375 e. The molecule has 1 saturated heterocycles. The summed E-state index contributed by atoms with van der Waals surface area (Å²) in [4.78, 5) is 13.9. The van der Waals surface area contributed by atoms with Crippen molar-refractivity contribution in [1.29, 1.82) is 0 Å². The molecule has 0 unspecified atom stereocenters. The Morgan fingerprint density at radius 1 is 1.35 bits per heavy atom. The molecule has 0 spiro atoms. The van der Waals surface area contributed by atoms with E-state index in [4.69, 9.17) is 4.74 Å². The highest BCUT2D eigenvalue weighted by Crippen LogP contribution is 2.20. The van der Waals surface area contributed by atoms with E-state index in [1.807, 2.05) is 38.1 Å². The lowest BCUT2D eigenvalue weighted by atomic mass is 10.2. The van der Waals surface area contributed by atoms with Gasteiger partial charge in [0.1, 0.15) is 0 Å². The molecule has 1 aromatic rings. The van der Waals surface area contributed by atoms with E-state index in [9.17, 15) is 4.79 Å². The number of carbonyl (C=O) groups is 1. The van der Waals surface area contributed by atoms with Crippen LogP contribution in [0.1, 0.15) is 20.8 Å². The SMILES string of the molecule is CC(C)=CC(=O)Nc1ccc(N2CCO[C@H](C)C2)cc1. The Balaban J connectivity index is 1.99. The molecule has 4 heteroatoms. The van der Waals surface area contributed by atoms with Gasteiger partial charge in [-0.2, -0.15) is 0 Å². The van der Waals surface area contributed by atoms with E-state index in [0.717, 1.165) is 31.0 Å². The van der Waals surface area contributed by atoms with Gasteiger partial charge in [0, 0.05) is 30.5 Å². The van der Waals surface area contributed by atoms with Gasteiger partial charge in [-0.25, -0.2) is 0 Å². The van der Waals surface area contributed by atoms with Gasteiger partial charge >= 0.3 is 0 Å². The van der Waals surface area contributed by atoms with Crippen molar-refractivity contribution >= 4 is 17.3 Å². The molecule has 1 atom stereocenters. The molecule has 1 fully saturated rings. The van der Waals surface area contributed by atoms with Crippen LogP contribution in [-0.2, 0) is 9.53 Å². The Kier molecular flexibility index (Phi) is 4.79. The summed E-state index contributed by atoms with van der Waals surface area (Å²) < 4.78 is 5.54. The number of nitrogens with zero attached hydrogens (tertiary/aromatic N) is 1. The lowest BCUT2D eigenvalue weighted by Gasteiger charge is -2.33. The molecule has 1 heterocycles. The summed E-state index contributed by atoms with van der Waals surface area (Å²) in [5, 5.41) is 2.85. The van der Waals surface area contributed by atoms with Crippen LogP contribution in [0.3, 0.4) is 0 Å². The number of anilines is 2. The number of nitrogens with one attached hydrogen (secondary N) is 1. The predicted molar refractivity (Wildman–Crippen MR) is 82.1 cm³/mol. The van der Waals surface area contributed by atoms with Gasteiger partial charge in [0.05, 0.1) is 12.7 Å². The molecular formula is C16H22N2O2. The van der Waals surface area contributed by atoms with Crippen molar-refractivity contribution in [2.75, 3.05) is 29.9 Å². The Labute approximate surface area is 120 Å². The molecular weight excluding hydrogens is 252 g/mol. The quantitative estimate of drug-likeness (QED) is 0.862. The van der Waals surface area contributed by atoms with Crippen molar-refractivity contribution in [3.05, 3.63) is 35.9 Å². The summed E-state index contributed by atoms with van der Waals surface area (Å²) >= 11 is 0. The van der Waals surface area contributed by atoms with Gasteiger partial charge in [-0.15, -0.1) is 0 Å². The average Bonchev–Trinajstić information content (AvgIpc) is 2.38. The fourth-order valence-electron chi connectivity index (χ4n) is 2.25. The molecule has 108 valence electrons. The van der Waals surface area contributed by atoms with Crippen molar-refractivity contribution in [2.45, 2.75) is 26.9 Å². The average molecular weight is 274 g/mol. The standard InChI is InChI=1S/C16H22N2O2/c1-12(2)10-16(19)17-14-4-6-15(7-5-14)18-8-9-20-13(3)11-18/h4-7,10,13H,8-9,11H2,1-3H3,(H,17,19)/t13-/m1/s1. The van der Waals surface area contributed by atoms with Crippen LogP contribution in [0.4, 0.5) is 11.4 Å². The summed E-state index contributed by atoms with van der Waals surface area (Å²) in [7, 11) is 0. The van der Waals surface area contributed by atoms with Gasteiger partial charge in [-0.1, -0.05) is 5.57 Å². The second kappa shape index (κ2) is 6.57. The van der Waals surface area contributed by atoms with Gasteiger partial charge in [0.2, 0.25) is 5.91 Å². The number of hydrogen-bond acceptors (Lipinski definition) is 3. The van der Waals surface area contributed by atoms with E-state index >= 15 is 0 Å². The monoisotopic (exact) mass is 274 g/mol. The third-order valence-corrected chi connectivity index (χ3v) is 3.16. The number of benzene rings is 1. The Morgan fingerprint density at radius 2 is 2.05 bits per heavy atom. The topological polar surface area (TPSA) is 41.6 Å². The smallest absolute Gasteiger partial charge is 0.248 e. The fourth-order valence-corrected chi connectivity index (χ4v) is 2.25. The van der Waals surface area contributed by atoms with Crippen LogP contribution < -0.4 is 10.2 Å². The molecule has 1 aromatic carbocycles. The van der Waals surface area contributed by atoms with Crippen molar-refractivity contribution < 1.29 is 9.53 Å². The zero-order chi connectivity index (χ0) is 14.5. The number of carbonyl (C=O) groups excluding carboxylic acids is 1. The first-order valence-corrected chi connectivity index (χ1v) is 6.97. The van der Waals surface area contributed by atoms with E-state index in [1.165, 1.54) is 5.69 Å². The first kappa shape index (κ1) is 14.6. The number of hydrogen-bond donors (Lipinski definition) is 1. The van der Waals surface area contributed by atoms with E-state index in [-0.39, 0.29) is 12.0 Å². The highest BCUT2D eigenvalue weighted by Gasteiger charge is 2.16. The predicted octanol–water partition coefficient (Wildman–Crippen LogP) is 2.82. The van der Waals surface area contributed by atoms with Crippen molar-refractivity contribution in [2.24, 2.45) is 0 Å². The van der Waals surface area contributed by atoms with Gasteiger partial charge in [0.25, 0.3) is 0 Å². The zero-order valence-electron chi connectivity index (χ0n) is 12.3. The van der Waals surface area contributed by atoms with Crippen LogP contribution in [0.25, 0.3) is 0 Å². The maximum Gasteiger partial charge on any atom is 0.248 e. The summed E-state index contributed by atoms with van der Waals surface area (Å²) in [5.74, 6) is -0.0854. The molecule has 4 nitrogen and oxygen atoms in total. The van der Waals surface area contributed by atoms with Gasteiger partial charge < -0.3 is 15.0 Å². The van der Waals surface area contributed by atoms with E-state index in [1.54, 1.807) is 6.08 Å². The van der Waals surface area contributed by atoms with Crippen LogP contribution in [0.5, 0.6) is 0 Å². The maximum atomic E-state index is 11.6.